The number of hydrogen-bond acceptors (Lipinski definition) is 2. The number of benzene rings is 2. The third-order valence-corrected chi connectivity index (χ3v) is 2.84. The van der Waals surface area contributed by atoms with Gasteiger partial charge in [-0.05, 0) is 42.8 Å². The van der Waals surface area contributed by atoms with Gasteiger partial charge in [-0.15, -0.1) is 0 Å². The van der Waals surface area contributed by atoms with Gasteiger partial charge in [0.25, 0.3) is 0 Å². The molecule has 0 radical (unpaired) electrons. The highest BCUT2D eigenvalue weighted by Crippen LogP contribution is 2.32. The highest BCUT2D eigenvalue weighted by molar-refractivity contribution is 5.69. The maximum atomic E-state index is 12.6. The molecule has 0 fully saturated rings. The Balaban J connectivity index is 2.31. The molecule has 0 spiro atoms. The van der Waals surface area contributed by atoms with Crippen LogP contribution in [0.3, 0.4) is 0 Å². The SMILES string of the molecule is Cc1c(N)cccc1Nc1cccc(C(F)(F)F)c1. The smallest absolute Gasteiger partial charge is 0.398 e. The van der Waals surface area contributed by atoms with E-state index in [1.165, 1.54) is 6.07 Å². The number of alkyl halides is 3. The molecular weight excluding hydrogens is 253 g/mol. The van der Waals surface area contributed by atoms with E-state index in [4.69, 9.17) is 5.73 Å². The molecule has 2 rings (SSSR count). The lowest BCUT2D eigenvalue weighted by atomic mass is 10.1. The first-order chi connectivity index (χ1) is 8.88. The fraction of sp³-hybridized carbons (Fsp3) is 0.143. The first-order valence-electron chi connectivity index (χ1n) is 5.67. The van der Waals surface area contributed by atoms with Crippen molar-refractivity contribution in [1.29, 1.82) is 0 Å². The van der Waals surface area contributed by atoms with E-state index in [1.54, 1.807) is 24.3 Å². The zero-order valence-corrected chi connectivity index (χ0v) is 10.3. The fourth-order valence-electron chi connectivity index (χ4n) is 1.72. The molecule has 19 heavy (non-hydrogen) atoms. The molecule has 0 bridgehead atoms. The average molecular weight is 266 g/mol. The summed E-state index contributed by atoms with van der Waals surface area (Å²) in [5, 5.41) is 2.95. The van der Waals surface area contributed by atoms with Crippen LogP contribution in [0.2, 0.25) is 0 Å². The molecule has 0 unspecified atom stereocenters. The summed E-state index contributed by atoms with van der Waals surface area (Å²) in [5.41, 5.74) is 7.54. The predicted octanol–water partition coefficient (Wildman–Crippen LogP) is 4.34. The molecule has 2 nitrogen and oxygen atoms in total. The lowest BCUT2D eigenvalue weighted by molar-refractivity contribution is -0.137. The second kappa shape index (κ2) is 4.84. The van der Waals surface area contributed by atoms with Crippen molar-refractivity contribution in [3.05, 3.63) is 53.6 Å². The summed E-state index contributed by atoms with van der Waals surface area (Å²) in [7, 11) is 0. The van der Waals surface area contributed by atoms with E-state index >= 15 is 0 Å². The van der Waals surface area contributed by atoms with E-state index < -0.39 is 11.7 Å². The summed E-state index contributed by atoms with van der Waals surface area (Å²) in [6, 6.07) is 10.3. The number of rotatable bonds is 2. The van der Waals surface area contributed by atoms with Crippen LogP contribution in [0, 0.1) is 6.92 Å². The lowest BCUT2D eigenvalue weighted by Crippen LogP contribution is -2.05. The molecule has 0 atom stereocenters. The van der Waals surface area contributed by atoms with Gasteiger partial charge < -0.3 is 11.1 Å². The molecule has 0 aliphatic rings. The topological polar surface area (TPSA) is 38.0 Å². The predicted molar refractivity (Wildman–Crippen MR) is 70.3 cm³/mol. The first-order valence-corrected chi connectivity index (χ1v) is 5.67. The number of anilines is 3. The molecule has 2 aromatic carbocycles. The van der Waals surface area contributed by atoms with Gasteiger partial charge in [0, 0.05) is 17.1 Å². The van der Waals surface area contributed by atoms with Crippen LogP contribution in [-0.4, -0.2) is 0 Å². The van der Waals surface area contributed by atoms with Crippen LogP contribution in [0.15, 0.2) is 42.5 Å². The summed E-state index contributed by atoms with van der Waals surface area (Å²) in [6.07, 6.45) is -4.34. The molecule has 0 aliphatic heterocycles. The summed E-state index contributed by atoms with van der Waals surface area (Å²) in [4.78, 5) is 0. The molecule has 0 heterocycles. The molecule has 0 amide bonds. The van der Waals surface area contributed by atoms with Crippen molar-refractivity contribution in [2.75, 3.05) is 11.1 Å². The Hall–Kier alpha value is -2.17. The van der Waals surface area contributed by atoms with Crippen molar-refractivity contribution in [3.8, 4) is 0 Å². The molecule has 5 heteroatoms. The Labute approximate surface area is 109 Å². The van der Waals surface area contributed by atoms with Gasteiger partial charge in [-0.2, -0.15) is 13.2 Å². The Morgan fingerprint density at radius 1 is 1.05 bits per heavy atom. The van der Waals surface area contributed by atoms with E-state index in [9.17, 15) is 13.2 Å². The van der Waals surface area contributed by atoms with Crippen LogP contribution in [0.25, 0.3) is 0 Å². The molecule has 100 valence electrons. The van der Waals surface area contributed by atoms with Gasteiger partial charge in [-0.3, -0.25) is 0 Å². The molecular formula is C14H13F3N2. The minimum absolute atomic E-state index is 0.378. The molecule has 2 aromatic rings. The standard InChI is InChI=1S/C14H13F3N2/c1-9-12(18)6-3-7-13(9)19-11-5-2-4-10(8-11)14(15,16)17/h2-8,19H,18H2,1H3. The quantitative estimate of drug-likeness (QED) is 0.793. The van der Waals surface area contributed by atoms with E-state index in [-0.39, 0.29) is 0 Å². The van der Waals surface area contributed by atoms with Crippen LogP contribution in [0.1, 0.15) is 11.1 Å². The minimum atomic E-state index is -4.34. The van der Waals surface area contributed by atoms with Gasteiger partial charge in [0.2, 0.25) is 0 Å². The van der Waals surface area contributed by atoms with Crippen LogP contribution < -0.4 is 11.1 Å². The average Bonchev–Trinajstić information content (AvgIpc) is 2.34. The normalized spacial score (nSPS) is 11.4. The van der Waals surface area contributed by atoms with Crippen molar-refractivity contribution >= 4 is 17.1 Å². The number of nitrogens with one attached hydrogen (secondary N) is 1. The molecule has 0 aliphatic carbocycles. The van der Waals surface area contributed by atoms with E-state index in [1.807, 2.05) is 6.92 Å². The molecule has 0 saturated carbocycles. The third kappa shape index (κ3) is 2.99. The Kier molecular flexibility index (Phi) is 3.38. The van der Waals surface area contributed by atoms with Gasteiger partial charge in [-0.25, -0.2) is 0 Å². The van der Waals surface area contributed by atoms with Gasteiger partial charge in [0.1, 0.15) is 0 Å². The summed E-state index contributed by atoms with van der Waals surface area (Å²) in [6.45, 7) is 1.81. The lowest BCUT2D eigenvalue weighted by Gasteiger charge is -2.13. The summed E-state index contributed by atoms with van der Waals surface area (Å²) < 4.78 is 37.8. The van der Waals surface area contributed by atoms with Crippen molar-refractivity contribution in [2.45, 2.75) is 13.1 Å². The highest BCUT2D eigenvalue weighted by atomic mass is 19.4. The van der Waals surface area contributed by atoms with Crippen LogP contribution >= 0.6 is 0 Å². The number of nitrogens with two attached hydrogens (primary N) is 1. The molecule has 3 N–H and O–H groups in total. The van der Waals surface area contributed by atoms with Gasteiger partial charge in [0.05, 0.1) is 5.56 Å². The maximum absolute atomic E-state index is 12.6. The zero-order valence-electron chi connectivity index (χ0n) is 10.3. The second-order valence-corrected chi connectivity index (χ2v) is 4.22. The number of nitrogen functional groups attached to an aromatic ring is 1. The fourth-order valence-corrected chi connectivity index (χ4v) is 1.72. The summed E-state index contributed by atoms with van der Waals surface area (Å²) >= 11 is 0. The minimum Gasteiger partial charge on any atom is -0.398 e. The largest absolute Gasteiger partial charge is 0.416 e. The van der Waals surface area contributed by atoms with E-state index in [2.05, 4.69) is 5.32 Å². The molecule has 0 saturated heterocycles. The Morgan fingerprint density at radius 2 is 1.74 bits per heavy atom. The number of halogens is 3. The monoisotopic (exact) mass is 266 g/mol. The maximum Gasteiger partial charge on any atom is 0.416 e. The van der Waals surface area contributed by atoms with E-state index in [0.29, 0.717) is 17.1 Å². The second-order valence-electron chi connectivity index (χ2n) is 4.22. The van der Waals surface area contributed by atoms with Crippen LogP contribution in [0.4, 0.5) is 30.2 Å². The van der Waals surface area contributed by atoms with E-state index in [0.717, 1.165) is 17.7 Å². The van der Waals surface area contributed by atoms with Crippen molar-refractivity contribution in [1.82, 2.24) is 0 Å². The Bertz CT molecular complexity index is 591. The number of hydrogen-bond donors (Lipinski definition) is 2. The van der Waals surface area contributed by atoms with Gasteiger partial charge in [-0.1, -0.05) is 12.1 Å². The third-order valence-electron chi connectivity index (χ3n) is 2.84. The first kappa shape index (κ1) is 13.3. The van der Waals surface area contributed by atoms with Gasteiger partial charge in [0.15, 0.2) is 0 Å². The van der Waals surface area contributed by atoms with Crippen molar-refractivity contribution in [3.63, 3.8) is 0 Å². The summed E-state index contributed by atoms with van der Waals surface area (Å²) in [5.74, 6) is 0. The van der Waals surface area contributed by atoms with Gasteiger partial charge >= 0.3 is 6.18 Å². The highest BCUT2D eigenvalue weighted by Gasteiger charge is 2.30. The Morgan fingerprint density at radius 3 is 2.42 bits per heavy atom. The van der Waals surface area contributed by atoms with Crippen molar-refractivity contribution in [2.24, 2.45) is 0 Å². The van der Waals surface area contributed by atoms with Crippen LogP contribution in [0.5, 0.6) is 0 Å². The van der Waals surface area contributed by atoms with Crippen molar-refractivity contribution < 1.29 is 13.2 Å². The zero-order chi connectivity index (χ0) is 14.0. The molecule has 0 aromatic heterocycles. The van der Waals surface area contributed by atoms with Crippen LogP contribution in [-0.2, 0) is 6.18 Å².